The third-order valence-electron chi connectivity index (χ3n) is 3.36. The summed E-state index contributed by atoms with van der Waals surface area (Å²) in [6, 6.07) is 19.4. The molecule has 0 radical (unpaired) electrons. The maximum absolute atomic E-state index is 2.26. The molecule has 2 aromatic carbocycles. The second kappa shape index (κ2) is 5.05. The molecule has 0 aliphatic heterocycles. The summed E-state index contributed by atoms with van der Waals surface area (Å²) in [6.07, 6.45) is 9.87. The molecule has 0 N–H and O–H groups in total. The molecule has 0 saturated heterocycles. The highest BCUT2D eigenvalue weighted by atomic mass is 14.1. The van der Waals surface area contributed by atoms with Crippen LogP contribution in [-0.4, -0.2) is 0 Å². The van der Waals surface area contributed by atoms with Crippen molar-refractivity contribution in [1.82, 2.24) is 0 Å². The number of hydrogen-bond acceptors (Lipinski definition) is 0. The van der Waals surface area contributed by atoms with E-state index in [-0.39, 0.29) is 0 Å². The van der Waals surface area contributed by atoms with Gasteiger partial charge in [-0.25, -0.2) is 0 Å². The molecule has 0 atom stereocenters. The van der Waals surface area contributed by atoms with Gasteiger partial charge in [-0.2, -0.15) is 0 Å². The van der Waals surface area contributed by atoms with Gasteiger partial charge in [0.15, 0.2) is 0 Å². The van der Waals surface area contributed by atoms with Gasteiger partial charge < -0.3 is 0 Å². The van der Waals surface area contributed by atoms with Crippen molar-refractivity contribution in [3.8, 4) is 11.1 Å². The monoisotopic (exact) mass is 232 g/mol. The second-order valence-electron chi connectivity index (χ2n) is 4.70. The highest BCUT2D eigenvalue weighted by Gasteiger charge is 2.05. The van der Waals surface area contributed by atoms with Gasteiger partial charge >= 0.3 is 0 Å². The zero-order valence-corrected chi connectivity index (χ0v) is 10.3. The Morgan fingerprint density at radius 3 is 1.94 bits per heavy atom. The van der Waals surface area contributed by atoms with Crippen LogP contribution < -0.4 is 0 Å². The van der Waals surface area contributed by atoms with E-state index in [1.165, 1.54) is 16.7 Å². The fourth-order valence-corrected chi connectivity index (χ4v) is 2.35. The molecule has 0 nitrogen and oxygen atoms in total. The summed E-state index contributed by atoms with van der Waals surface area (Å²) >= 11 is 0. The molecular formula is C18H16. The Hall–Kier alpha value is -2.08. The lowest BCUT2D eigenvalue weighted by Crippen LogP contribution is -1.95. The lowest BCUT2D eigenvalue weighted by atomic mass is 9.98. The van der Waals surface area contributed by atoms with Gasteiger partial charge in [-0.05, 0) is 29.0 Å². The predicted molar refractivity (Wildman–Crippen MR) is 77.4 cm³/mol. The predicted octanol–water partition coefficient (Wildman–Crippen LogP) is 4.64. The summed E-state index contributed by atoms with van der Waals surface area (Å²) in [6.45, 7) is 0. The minimum atomic E-state index is 0.576. The molecular weight excluding hydrogens is 216 g/mol. The molecule has 0 saturated carbocycles. The Kier molecular flexibility index (Phi) is 3.10. The Morgan fingerprint density at radius 2 is 1.28 bits per heavy atom. The Labute approximate surface area is 108 Å². The zero-order valence-electron chi connectivity index (χ0n) is 10.3. The smallest absolute Gasteiger partial charge is 0.000683 e. The molecule has 0 heterocycles. The van der Waals surface area contributed by atoms with Crippen LogP contribution in [-0.2, 0) is 6.42 Å². The van der Waals surface area contributed by atoms with E-state index in [1.807, 2.05) is 0 Å². The van der Waals surface area contributed by atoms with E-state index < -0.39 is 0 Å². The molecule has 0 unspecified atom stereocenters. The van der Waals surface area contributed by atoms with Crippen LogP contribution in [0.4, 0.5) is 0 Å². The van der Waals surface area contributed by atoms with Gasteiger partial charge in [0, 0.05) is 0 Å². The zero-order chi connectivity index (χ0) is 12.2. The normalized spacial score (nSPS) is 14.2. The van der Waals surface area contributed by atoms with E-state index >= 15 is 0 Å². The third kappa shape index (κ3) is 2.43. The first kappa shape index (κ1) is 11.0. The topological polar surface area (TPSA) is 0 Å². The highest BCUT2D eigenvalue weighted by molar-refractivity contribution is 5.63. The Balaban J connectivity index is 1.77. The molecule has 0 bridgehead atoms. The van der Waals surface area contributed by atoms with Crippen LogP contribution in [0.3, 0.4) is 0 Å². The Bertz CT molecular complexity index is 547. The third-order valence-corrected chi connectivity index (χ3v) is 3.36. The van der Waals surface area contributed by atoms with Crippen LogP contribution in [0.2, 0.25) is 0 Å². The van der Waals surface area contributed by atoms with Crippen LogP contribution in [0.1, 0.15) is 5.56 Å². The fraction of sp³-hybridized carbons (Fsp3) is 0.111. The molecule has 18 heavy (non-hydrogen) atoms. The fourth-order valence-electron chi connectivity index (χ4n) is 2.35. The Morgan fingerprint density at radius 1 is 0.667 bits per heavy atom. The largest absolute Gasteiger partial charge is 0.0773 e. The molecule has 0 fully saturated rings. The summed E-state index contributed by atoms with van der Waals surface area (Å²) in [4.78, 5) is 0. The van der Waals surface area contributed by atoms with Gasteiger partial charge in [-0.15, -0.1) is 0 Å². The lowest BCUT2D eigenvalue weighted by Gasteiger charge is -2.07. The molecule has 0 amide bonds. The number of allylic oxidation sites excluding steroid dienone is 4. The van der Waals surface area contributed by atoms with Crippen molar-refractivity contribution in [1.29, 1.82) is 0 Å². The van der Waals surface area contributed by atoms with E-state index in [1.54, 1.807) is 0 Å². The van der Waals surface area contributed by atoms with E-state index in [0.29, 0.717) is 5.92 Å². The average Bonchev–Trinajstić information content (AvgIpc) is 2.94. The standard InChI is InChI=1S/C18H16/c1-2-8-17(9-3-1)18-12-10-16(11-13-18)14-15-6-4-5-7-15/h1-13,15H,14H2. The van der Waals surface area contributed by atoms with Crippen molar-refractivity contribution < 1.29 is 0 Å². The molecule has 3 rings (SSSR count). The molecule has 88 valence electrons. The summed E-state index contributed by atoms with van der Waals surface area (Å²) < 4.78 is 0. The van der Waals surface area contributed by atoms with E-state index in [2.05, 4.69) is 78.9 Å². The van der Waals surface area contributed by atoms with Gasteiger partial charge in [0.25, 0.3) is 0 Å². The van der Waals surface area contributed by atoms with Crippen molar-refractivity contribution in [2.75, 3.05) is 0 Å². The number of rotatable bonds is 3. The summed E-state index contributed by atoms with van der Waals surface area (Å²) in [5.74, 6) is 0.576. The van der Waals surface area contributed by atoms with Gasteiger partial charge in [-0.1, -0.05) is 78.9 Å². The SMILES string of the molecule is C1=CC(Cc2ccc(-c3ccccc3)cc2)C=C1. The van der Waals surface area contributed by atoms with Crippen molar-refractivity contribution >= 4 is 0 Å². The van der Waals surface area contributed by atoms with Crippen molar-refractivity contribution in [3.05, 3.63) is 84.5 Å². The average molecular weight is 232 g/mol. The van der Waals surface area contributed by atoms with Crippen LogP contribution in [0.5, 0.6) is 0 Å². The van der Waals surface area contributed by atoms with Crippen molar-refractivity contribution in [3.63, 3.8) is 0 Å². The summed E-state index contributed by atoms with van der Waals surface area (Å²) in [7, 11) is 0. The van der Waals surface area contributed by atoms with E-state index in [0.717, 1.165) is 6.42 Å². The first-order chi connectivity index (χ1) is 8.92. The molecule has 1 aliphatic carbocycles. The highest BCUT2D eigenvalue weighted by Crippen LogP contribution is 2.21. The summed E-state index contributed by atoms with van der Waals surface area (Å²) in [5, 5.41) is 0. The van der Waals surface area contributed by atoms with Gasteiger partial charge in [0.05, 0.1) is 0 Å². The van der Waals surface area contributed by atoms with Gasteiger partial charge in [0.2, 0.25) is 0 Å². The van der Waals surface area contributed by atoms with Gasteiger partial charge in [-0.3, -0.25) is 0 Å². The minimum Gasteiger partial charge on any atom is -0.0773 e. The van der Waals surface area contributed by atoms with Crippen molar-refractivity contribution in [2.24, 2.45) is 5.92 Å². The number of hydrogen-bond donors (Lipinski definition) is 0. The molecule has 2 aromatic rings. The first-order valence-electron chi connectivity index (χ1n) is 6.41. The molecule has 0 heteroatoms. The molecule has 0 spiro atoms. The van der Waals surface area contributed by atoms with E-state index in [4.69, 9.17) is 0 Å². The van der Waals surface area contributed by atoms with E-state index in [9.17, 15) is 0 Å². The minimum absolute atomic E-state index is 0.576. The maximum atomic E-state index is 2.26. The second-order valence-corrected chi connectivity index (χ2v) is 4.70. The lowest BCUT2D eigenvalue weighted by molar-refractivity contribution is 0.816. The molecule has 0 aromatic heterocycles. The quantitative estimate of drug-likeness (QED) is 0.723. The number of benzene rings is 2. The molecule has 1 aliphatic rings. The van der Waals surface area contributed by atoms with Crippen LogP contribution >= 0.6 is 0 Å². The van der Waals surface area contributed by atoms with Crippen LogP contribution in [0.25, 0.3) is 11.1 Å². The van der Waals surface area contributed by atoms with Crippen molar-refractivity contribution in [2.45, 2.75) is 6.42 Å². The summed E-state index contributed by atoms with van der Waals surface area (Å²) in [5.41, 5.74) is 3.97. The van der Waals surface area contributed by atoms with Crippen LogP contribution in [0.15, 0.2) is 78.9 Å². The maximum Gasteiger partial charge on any atom is -0.000683 e. The first-order valence-corrected chi connectivity index (χ1v) is 6.41. The van der Waals surface area contributed by atoms with Crippen LogP contribution in [0, 0.1) is 5.92 Å². The van der Waals surface area contributed by atoms with Gasteiger partial charge in [0.1, 0.15) is 0 Å².